The molecule has 220 valence electrons. The zero-order chi connectivity index (χ0) is 28.8. The Kier molecular flexibility index (Phi) is 10.6. The molecule has 1 aliphatic carbocycles. The van der Waals surface area contributed by atoms with Crippen LogP contribution < -0.4 is 10.1 Å². The number of aryl methyl sites for hydroxylation is 2. The summed E-state index contributed by atoms with van der Waals surface area (Å²) in [6.07, 6.45) is 8.90. The lowest BCUT2D eigenvalue weighted by atomic mass is 9.83. The summed E-state index contributed by atoms with van der Waals surface area (Å²) in [5, 5.41) is 14.3. The maximum absolute atomic E-state index is 12.8. The number of hydrogen-bond acceptors (Lipinski definition) is 6. The molecular weight excluding hydrogens is 577 g/mol. The lowest BCUT2D eigenvalue weighted by Crippen LogP contribution is -2.34. The first-order valence-electron chi connectivity index (χ1n) is 14.8. The fraction of sp³-hybridized carbons (Fsp3) is 0.500. The number of rotatable bonds is 11. The van der Waals surface area contributed by atoms with Gasteiger partial charge in [0.2, 0.25) is 0 Å². The highest BCUT2D eigenvalue weighted by Gasteiger charge is 2.26. The van der Waals surface area contributed by atoms with E-state index in [-0.39, 0.29) is 12.5 Å². The Bertz CT molecular complexity index is 1350. The van der Waals surface area contributed by atoms with E-state index in [9.17, 15) is 9.90 Å². The minimum absolute atomic E-state index is 0.0468. The number of carbonyl (C=O) groups is 1. The van der Waals surface area contributed by atoms with Crippen LogP contribution in [0.3, 0.4) is 0 Å². The summed E-state index contributed by atoms with van der Waals surface area (Å²) >= 11 is 13.7. The maximum Gasteiger partial charge on any atom is 0.263 e. The van der Waals surface area contributed by atoms with E-state index in [1.165, 1.54) is 40.9 Å². The molecule has 0 radical (unpaired) electrons. The second kappa shape index (κ2) is 14.3. The van der Waals surface area contributed by atoms with E-state index in [4.69, 9.17) is 27.9 Å². The number of nitrogens with zero attached hydrogens (tertiary/aromatic N) is 2. The molecule has 1 saturated heterocycles. The van der Waals surface area contributed by atoms with Gasteiger partial charge in [0.15, 0.2) is 0 Å². The van der Waals surface area contributed by atoms with Crippen molar-refractivity contribution < 1.29 is 14.6 Å². The summed E-state index contributed by atoms with van der Waals surface area (Å²) < 4.78 is 6.14. The number of aromatic nitrogens is 1. The zero-order valence-electron chi connectivity index (χ0n) is 23.7. The number of aliphatic hydroxyl groups excluding tert-OH is 1. The number of halogens is 2. The van der Waals surface area contributed by atoms with Gasteiger partial charge in [0.25, 0.3) is 5.91 Å². The summed E-state index contributed by atoms with van der Waals surface area (Å²) in [5.74, 6) is 1.48. The molecule has 1 aliphatic heterocycles. The molecule has 0 spiro atoms. The van der Waals surface area contributed by atoms with E-state index in [0.29, 0.717) is 39.7 Å². The van der Waals surface area contributed by atoms with Gasteiger partial charge in [0.1, 0.15) is 22.2 Å². The van der Waals surface area contributed by atoms with Crippen LogP contribution in [0.4, 0.5) is 0 Å². The lowest BCUT2D eigenvalue weighted by Gasteiger charge is -2.34. The average Bonchev–Trinajstić information content (AvgIpc) is 3.37. The van der Waals surface area contributed by atoms with Crippen molar-refractivity contribution in [1.29, 1.82) is 0 Å². The van der Waals surface area contributed by atoms with E-state index in [2.05, 4.69) is 27.3 Å². The molecule has 0 saturated carbocycles. The van der Waals surface area contributed by atoms with Crippen LogP contribution in [0.1, 0.15) is 76.5 Å². The summed E-state index contributed by atoms with van der Waals surface area (Å²) in [4.78, 5) is 20.6. The normalized spacial score (nSPS) is 16.0. The van der Waals surface area contributed by atoms with Crippen LogP contribution in [0.15, 0.2) is 30.3 Å². The molecule has 41 heavy (non-hydrogen) atoms. The molecule has 1 amide bonds. The Labute approximate surface area is 257 Å². The number of piperidine rings is 1. The smallest absolute Gasteiger partial charge is 0.263 e. The van der Waals surface area contributed by atoms with Gasteiger partial charge < -0.3 is 20.1 Å². The molecule has 1 fully saturated rings. The molecule has 0 unspecified atom stereocenters. The molecule has 1 aromatic heterocycles. The van der Waals surface area contributed by atoms with Crippen molar-refractivity contribution in [1.82, 2.24) is 15.2 Å². The molecule has 9 heteroatoms. The molecule has 3 aromatic rings. The fourth-order valence-corrected chi connectivity index (χ4v) is 7.62. The topological polar surface area (TPSA) is 74.7 Å². The van der Waals surface area contributed by atoms with Crippen molar-refractivity contribution in [2.75, 3.05) is 39.4 Å². The third-order valence-corrected chi connectivity index (χ3v) is 9.96. The first kappa shape index (κ1) is 30.3. The average molecular weight is 617 g/mol. The number of likely N-dealkylation sites (tertiary alicyclic amines) is 1. The van der Waals surface area contributed by atoms with Crippen molar-refractivity contribution >= 4 is 40.4 Å². The van der Waals surface area contributed by atoms with Gasteiger partial charge in [0, 0.05) is 17.1 Å². The highest BCUT2D eigenvalue weighted by atomic mass is 35.5. The van der Waals surface area contributed by atoms with Gasteiger partial charge in [-0.15, -0.1) is 11.3 Å². The number of aliphatic hydroxyl groups is 1. The van der Waals surface area contributed by atoms with E-state index in [1.54, 1.807) is 12.1 Å². The third-order valence-electron chi connectivity index (χ3n) is 8.23. The van der Waals surface area contributed by atoms with Gasteiger partial charge in [-0.2, -0.15) is 0 Å². The Balaban J connectivity index is 1.07. The summed E-state index contributed by atoms with van der Waals surface area (Å²) in [6.45, 7) is 6.09. The van der Waals surface area contributed by atoms with Gasteiger partial charge >= 0.3 is 0 Å². The minimum atomic E-state index is -0.0820. The van der Waals surface area contributed by atoms with Crippen LogP contribution in [0.5, 0.6) is 5.75 Å². The predicted octanol–water partition coefficient (Wildman–Crippen LogP) is 7.06. The lowest BCUT2D eigenvalue weighted by molar-refractivity contribution is 0.0955. The van der Waals surface area contributed by atoms with Crippen molar-refractivity contribution in [2.45, 2.75) is 64.2 Å². The zero-order valence-corrected chi connectivity index (χ0v) is 26.0. The fourth-order valence-electron chi connectivity index (χ4n) is 6.05. The van der Waals surface area contributed by atoms with Crippen LogP contribution >= 0.6 is 34.5 Å². The number of unbranched alkanes of at least 4 members (excludes halogenated alkanes) is 1. The van der Waals surface area contributed by atoms with Gasteiger partial charge in [-0.05, 0) is 119 Å². The summed E-state index contributed by atoms with van der Waals surface area (Å²) in [5.41, 5.74) is 5.63. The number of nitrogens with one attached hydrogen (secondary N) is 1. The molecule has 2 heterocycles. The number of hydrogen-bond donors (Lipinski definition) is 2. The first-order valence-corrected chi connectivity index (χ1v) is 16.3. The minimum Gasteiger partial charge on any atom is -0.491 e. The molecule has 2 aliphatic rings. The number of thiazole rings is 1. The number of ether oxygens (including phenoxy) is 1. The molecule has 6 nitrogen and oxygen atoms in total. The largest absolute Gasteiger partial charge is 0.491 e. The van der Waals surface area contributed by atoms with Gasteiger partial charge in [-0.1, -0.05) is 35.3 Å². The second-order valence-corrected chi connectivity index (χ2v) is 12.9. The van der Waals surface area contributed by atoms with E-state index in [0.717, 1.165) is 74.5 Å². The monoisotopic (exact) mass is 615 g/mol. The quantitative estimate of drug-likeness (QED) is 0.226. The van der Waals surface area contributed by atoms with E-state index < -0.39 is 0 Å². The molecule has 5 rings (SSSR count). The Morgan fingerprint density at radius 2 is 1.95 bits per heavy atom. The van der Waals surface area contributed by atoms with Crippen molar-refractivity contribution in [2.24, 2.45) is 0 Å². The van der Waals surface area contributed by atoms with Gasteiger partial charge in [-0.25, -0.2) is 4.98 Å². The standard InChI is InChI=1S/C32H39Cl2N3O3S/c1-21-30(41-32(36-21)27-11-9-24(33)20-28(27)34)31(39)35-14-4-5-15-37-16-12-23(13-17-37)26-10-8-22-6-2-3-7-25(22)29(26)40-19-18-38/h8-11,20,23,38H,2-7,12-19H2,1H3,(H,35,39). The first-order chi connectivity index (χ1) is 19.9. The van der Waals surface area contributed by atoms with E-state index in [1.807, 2.05) is 13.0 Å². The predicted molar refractivity (Wildman–Crippen MR) is 168 cm³/mol. The summed E-state index contributed by atoms with van der Waals surface area (Å²) in [7, 11) is 0. The second-order valence-electron chi connectivity index (χ2n) is 11.0. The van der Waals surface area contributed by atoms with E-state index >= 15 is 0 Å². The van der Waals surface area contributed by atoms with Crippen LogP contribution in [-0.2, 0) is 12.8 Å². The molecule has 2 aromatic carbocycles. The number of amides is 1. The van der Waals surface area contributed by atoms with Gasteiger partial charge in [0.05, 0.1) is 17.3 Å². The van der Waals surface area contributed by atoms with Crippen LogP contribution in [0, 0.1) is 6.92 Å². The molecular formula is C32H39Cl2N3O3S. The van der Waals surface area contributed by atoms with Crippen molar-refractivity contribution in [3.8, 4) is 16.3 Å². The van der Waals surface area contributed by atoms with Crippen LogP contribution in [0.25, 0.3) is 10.6 Å². The summed E-state index contributed by atoms with van der Waals surface area (Å²) in [6, 6.07) is 9.91. The van der Waals surface area contributed by atoms with Gasteiger partial charge in [-0.3, -0.25) is 4.79 Å². The maximum atomic E-state index is 12.8. The highest BCUT2D eigenvalue weighted by molar-refractivity contribution is 7.17. The Morgan fingerprint density at radius 1 is 1.15 bits per heavy atom. The van der Waals surface area contributed by atoms with Crippen LogP contribution in [0.2, 0.25) is 10.0 Å². The third kappa shape index (κ3) is 7.44. The SMILES string of the molecule is Cc1nc(-c2ccc(Cl)cc2Cl)sc1C(=O)NCCCCN1CCC(c2ccc3c(c2OCCO)CCCC3)CC1. The van der Waals surface area contributed by atoms with Crippen LogP contribution in [-0.4, -0.2) is 60.3 Å². The Morgan fingerprint density at radius 3 is 2.73 bits per heavy atom. The molecule has 0 atom stereocenters. The number of fused-ring (bicyclic) bond motifs is 1. The molecule has 0 bridgehead atoms. The number of carbonyl (C=O) groups excluding carboxylic acids is 1. The highest BCUT2D eigenvalue weighted by Crippen LogP contribution is 2.40. The van der Waals surface area contributed by atoms with Crippen molar-refractivity contribution in [3.05, 3.63) is 67.6 Å². The molecule has 2 N–H and O–H groups in total. The van der Waals surface area contributed by atoms with Crippen molar-refractivity contribution in [3.63, 3.8) is 0 Å². The number of benzene rings is 2. The Hall–Kier alpha value is -2.16.